The maximum Gasteiger partial charge on any atom is 0.142 e. The molecule has 7 heteroatoms. The standard InChI is InChI=1S/C16H23N5OS/c1-11-7-21(8-11)23(22)9-12-5-13(6-12)20(2)16-14-3-4-17-15(14)18-10-19-16/h3-4,10-13H,5-9H2,1-2H3,(H,17,18,19). The predicted molar refractivity (Wildman–Crippen MR) is 92.6 cm³/mol. The summed E-state index contributed by atoms with van der Waals surface area (Å²) in [5.41, 5.74) is 0.880. The molecule has 1 aliphatic carbocycles. The Kier molecular flexibility index (Phi) is 3.85. The minimum Gasteiger partial charge on any atom is -0.356 e. The summed E-state index contributed by atoms with van der Waals surface area (Å²) in [6.07, 6.45) is 5.71. The number of aromatic amines is 1. The number of hydrogen-bond acceptors (Lipinski definition) is 4. The SMILES string of the molecule is CC1CN(S(=O)CC2CC(N(C)c3ncnc4[nH]ccc34)C2)C1. The Morgan fingerprint density at radius 3 is 2.91 bits per heavy atom. The highest BCUT2D eigenvalue weighted by Crippen LogP contribution is 2.36. The van der Waals surface area contributed by atoms with E-state index in [0.717, 1.165) is 48.5 Å². The van der Waals surface area contributed by atoms with Crippen LogP contribution in [0.15, 0.2) is 18.6 Å². The van der Waals surface area contributed by atoms with Gasteiger partial charge in [-0.05, 0) is 30.7 Å². The van der Waals surface area contributed by atoms with Crippen molar-refractivity contribution in [2.45, 2.75) is 25.8 Å². The van der Waals surface area contributed by atoms with Gasteiger partial charge in [-0.15, -0.1) is 0 Å². The number of nitrogens with zero attached hydrogens (tertiary/aromatic N) is 4. The number of hydrogen-bond donors (Lipinski definition) is 1. The lowest BCUT2D eigenvalue weighted by atomic mass is 9.81. The molecule has 2 aromatic heterocycles. The van der Waals surface area contributed by atoms with Crippen LogP contribution in [-0.4, -0.2) is 55.4 Å². The van der Waals surface area contributed by atoms with Gasteiger partial charge in [0.15, 0.2) is 0 Å². The molecule has 3 heterocycles. The van der Waals surface area contributed by atoms with Gasteiger partial charge in [-0.3, -0.25) is 0 Å². The largest absolute Gasteiger partial charge is 0.356 e. The van der Waals surface area contributed by atoms with E-state index in [9.17, 15) is 4.21 Å². The van der Waals surface area contributed by atoms with E-state index in [-0.39, 0.29) is 0 Å². The lowest BCUT2D eigenvalue weighted by Gasteiger charge is -2.43. The fraction of sp³-hybridized carbons (Fsp3) is 0.625. The summed E-state index contributed by atoms with van der Waals surface area (Å²) < 4.78 is 14.4. The second-order valence-corrected chi connectivity index (χ2v) is 8.47. The van der Waals surface area contributed by atoms with Gasteiger partial charge in [-0.1, -0.05) is 6.92 Å². The van der Waals surface area contributed by atoms with Crippen LogP contribution in [-0.2, 0) is 11.0 Å². The van der Waals surface area contributed by atoms with Crippen LogP contribution in [0.2, 0.25) is 0 Å². The third-order valence-corrected chi connectivity index (χ3v) is 6.75. The van der Waals surface area contributed by atoms with E-state index in [2.05, 4.69) is 38.1 Å². The first-order chi connectivity index (χ1) is 11.1. The number of aromatic nitrogens is 3. The molecule has 0 spiro atoms. The predicted octanol–water partition coefficient (Wildman–Crippen LogP) is 1.79. The van der Waals surface area contributed by atoms with Crippen molar-refractivity contribution in [3.05, 3.63) is 18.6 Å². The highest BCUT2D eigenvalue weighted by Gasteiger charge is 2.36. The smallest absolute Gasteiger partial charge is 0.142 e. The fourth-order valence-electron chi connectivity index (χ4n) is 3.58. The van der Waals surface area contributed by atoms with Gasteiger partial charge in [0.2, 0.25) is 0 Å². The van der Waals surface area contributed by atoms with Crippen LogP contribution in [0.25, 0.3) is 11.0 Å². The van der Waals surface area contributed by atoms with Crippen molar-refractivity contribution in [3.63, 3.8) is 0 Å². The molecule has 4 rings (SSSR count). The Morgan fingerprint density at radius 2 is 2.17 bits per heavy atom. The summed E-state index contributed by atoms with van der Waals surface area (Å²) in [6.45, 7) is 4.20. The Hall–Kier alpha value is -1.47. The lowest BCUT2D eigenvalue weighted by Crippen LogP contribution is -2.50. The van der Waals surface area contributed by atoms with Crippen LogP contribution in [0.5, 0.6) is 0 Å². The third-order valence-electron chi connectivity index (χ3n) is 5.12. The molecule has 2 aliphatic rings. The second kappa shape index (κ2) is 5.87. The van der Waals surface area contributed by atoms with Gasteiger partial charge >= 0.3 is 0 Å². The molecule has 6 nitrogen and oxygen atoms in total. The molecule has 124 valence electrons. The summed E-state index contributed by atoms with van der Waals surface area (Å²) in [4.78, 5) is 14.1. The van der Waals surface area contributed by atoms with E-state index < -0.39 is 11.0 Å². The first-order valence-corrected chi connectivity index (χ1v) is 9.53. The van der Waals surface area contributed by atoms with Gasteiger partial charge in [0, 0.05) is 38.1 Å². The van der Waals surface area contributed by atoms with Crippen molar-refractivity contribution in [1.82, 2.24) is 19.3 Å². The Morgan fingerprint density at radius 1 is 1.39 bits per heavy atom. The van der Waals surface area contributed by atoms with E-state index in [1.54, 1.807) is 6.33 Å². The number of nitrogens with one attached hydrogen (secondary N) is 1. The number of fused-ring (bicyclic) bond motifs is 1. The zero-order chi connectivity index (χ0) is 16.0. The highest BCUT2D eigenvalue weighted by atomic mass is 32.2. The first kappa shape index (κ1) is 15.1. The molecule has 1 saturated heterocycles. The number of rotatable bonds is 5. The Balaban J connectivity index is 1.34. The average molecular weight is 333 g/mol. The molecule has 0 bridgehead atoms. The minimum absolute atomic E-state index is 0.486. The van der Waals surface area contributed by atoms with Crippen LogP contribution in [0.3, 0.4) is 0 Å². The van der Waals surface area contributed by atoms with E-state index in [1.807, 2.05) is 12.3 Å². The number of H-pyrrole nitrogens is 1. The first-order valence-electron chi connectivity index (χ1n) is 8.26. The maximum absolute atomic E-state index is 12.3. The van der Waals surface area contributed by atoms with Crippen LogP contribution in [0, 0.1) is 11.8 Å². The maximum atomic E-state index is 12.3. The Bertz CT molecular complexity index is 720. The van der Waals surface area contributed by atoms with Gasteiger partial charge in [-0.25, -0.2) is 18.5 Å². The van der Waals surface area contributed by atoms with Crippen molar-refractivity contribution in [3.8, 4) is 0 Å². The normalized spacial score (nSPS) is 26.7. The summed E-state index contributed by atoms with van der Waals surface area (Å²) >= 11 is 0. The van der Waals surface area contributed by atoms with E-state index in [4.69, 9.17) is 0 Å². The fourth-order valence-corrected chi connectivity index (χ4v) is 5.31. The lowest BCUT2D eigenvalue weighted by molar-refractivity contribution is 0.223. The summed E-state index contributed by atoms with van der Waals surface area (Å²) in [6, 6.07) is 2.51. The molecule has 1 unspecified atom stereocenters. The van der Waals surface area contributed by atoms with Crippen LogP contribution in [0.1, 0.15) is 19.8 Å². The monoisotopic (exact) mass is 333 g/mol. The van der Waals surface area contributed by atoms with Crippen molar-refractivity contribution >= 4 is 27.8 Å². The summed E-state index contributed by atoms with van der Waals surface area (Å²) in [5, 5.41) is 1.07. The van der Waals surface area contributed by atoms with E-state index in [0.29, 0.717) is 17.9 Å². The van der Waals surface area contributed by atoms with Gasteiger partial charge < -0.3 is 9.88 Å². The summed E-state index contributed by atoms with van der Waals surface area (Å²) in [5.74, 6) is 3.08. The molecule has 1 aliphatic heterocycles. The quantitative estimate of drug-likeness (QED) is 0.906. The van der Waals surface area contributed by atoms with E-state index >= 15 is 0 Å². The molecule has 0 aromatic carbocycles. The van der Waals surface area contributed by atoms with Crippen molar-refractivity contribution in [2.75, 3.05) is 30.8 Å². The Labute approximate surface area is 138 Å². The molecule has 0 radical (unpaired) electrons. The van der Waals surface area contributed by atoms with Crippen molar-refractivity contribution in [2.24, 2.45) is 11.8 Å². The molecule has 1 atom stereocenters. The van der Waals surface area contributed by atoms with E-state index in [1.165, 1.54) is 0 Å². The molecule has 2 fully saturated rings. The molecule has 1 N–H and O–H groups in total. The van der Waals surface area contributed by atoms with Crippen molar-refractivity contribution in [1.29, 1.82) is 0 Å². The van der Waals surface area contributed by atoms with Crippen LogP contribution in [0.4, 0.5) is 5.82 Å². The third kappa shape index (κ3) is 2.76. The average Bonchev–Trinajstić information content (AvgIpc) is 2.94. The zero-order valence-corrected chi connectivity index (χ0v) is 14.4. The van der Waals surface area contributed by atoms with Crippen LogP contribution < -0.4 is 4.90 Å². The molecule has 23 heavy (non-hydrogen) atoms. The number of anilines is 1. The molecule has 1 saturated carbocycles. The minimum atomic E-state index is -0.782. The van der Waals surface area contributed by atoms with Gasteiger partial charge in [-0.2, -0.15) is 0 Å². The van der Waals surface area contributed by atoms with Crippen molar-refractivity contribution < 1.29 is 4.21 Å². The second-order valence-electron chi connectivity index (χ2n) is 6.98. The molecule has 2 aromatic rings. The molecular weight excluding hydrogens is 310 g/mol. The van der Waals surface area contributed by atoms with Gasteiger partial charge in [0.1, 0.15) is 17.8 Å². The topological polar surface area (TPSA) is 65.1 Å². The zero-order valence-electron chi connectivity index (χ0n) is 13.6. The van der Waals surface area contributed by atoms with Gasteiger partial charge in [0.05, 0.1) is 16.4 Å². The van der Waals surface area contributed by atoms with Gasteiger partial charge in [0.25, 0.3) is 0 Å². The molecular formula is C16H23N5OS. The summed E-state index contributed by atoms with van der Waals surface area (Å²) in [7, 11) is 1.32. The molecule has 0 amide bonds. The van der Waals surface area contributed by atoms with Crippen LogP contribution >= 0.6 is 0 Å². The highest BCUT2D eigenvalue weighted by molar-refractivity contribution is 7.82.